The van der Waals surface area contributed by atoms with Crippen molar-refractivity contribution in [2.75, 3.05) is 6.61 Å². The lowest BCUT2D eigenvalue weighted by Crippen LogP contribution is -2.05. The number of carbonyl (C=O) groups is 2. The summed E-state index contributed by atoms with van der Waals surface area (Å²) in [6.45, 7) is 1.93. The Bertz CT molecular complexity index is 1270. The van der Waals surface area contributed by atoms with Crippen LogP contribution in [0.2, 0.25) is 0 Å². The first-order valence-corrected chi connectivity index (χ1v) is 10.0. The van der Waals surface area contributed by atoms with Crippen LogP contribution in [0.1, 0.15) is 33.3 Å². The van der Waals surface area contributed by atoms with E-state index in [4.69, 9.17) is 4.74 Å². The molecule has 5 nitrogen and oxygen atoms in total. The van der Waals surface area contributed by atoms with E-state index in [9.17, 15) is 14.0 Å². The standard InChI is InChI=1S/C23H16BrFN2O3/c1-2-30-23(29)18-11-21(22(28)14-6-8-17(25)9-7-14)27-13-26-19(12-20(18)27)15-4-3-5-16(24)10-15/h3-13H,2H2,1H3. The van der Waals surface area contributed by atoms with Crippen LogP contribution in [0, 0.1) is 5.82 Å². The van der Waals surface area contributed by atoms with Crippen molar-refractivity contribution in [2.45, 2.75) is 6.92 Å². The smallest absolute Gasteiger partial charge is 0.340 e. The van der Waals surface area contributed by atoms with Gasteiger partial charge in [0.05, 0.1) is 29.1 Å². The molecule has 0 unspecified atom stereocenters. The number of ether oxygens (including phenoxy) is 1. The van der Waals surface area contributed by atoms with Gasteiger partial charge in [0, 0.05) is 15.6 Å². The highest BCUT2D eigenvalue weighted by atomic mass is 79.9. The first kappa shape index (κ1) is 20.0. The Morgan fingerprint density at radius 1 is 1.10 bits per heavy atom. The summed E-state index contributed by atoms with van der Waals surface area (Å²) in [5, 5.41) is 0. The van der Waals surface area contributed by atoms with Gasteiger partial charge in [0.15, 0.2) is 0 Å². The van der Waals surface area contributed by atoms with Gasteiger partial charge >= 0.3 is 5.97 Å². The summed E-state index contributed by atoms with van der Waals surface area (Å²) in [7, 11) is 0. The number of ketones is 1. The maximum absolute atomic E-state index is 13.2. The maximum Gasteiger partial charge on any atom is 0.340 e. The van der Waals surface area contributed by atoms with Crippen molar-refractivity contribution in [3.8, 4) is 11.3 Å². The van der Waals surface area contributed by atoms with Crippen LogP contribution in [0.3, 0.4) is 0 Å². The summed E-state index contributed by atoms with van der Waals surface area (Å²) < 4.78 is 20.9. The lowest BCUT2D eigenvalue weighted by molar-refractivity contribution is 0.0529. The first-order valence-electron chi connectivity index (χ1n) is 9.22. The fourth-order valence-electron chi connectivity index (χ4n) is 3.20. The molecular formula is C23H16BrFN2O3. The molecule has 0 atom stereocenters. The largest absolute Gasteiger partial charge is 0.462 e. The molecule has 0 amide bonds. The van der Waals surface area contributed by atoms with Crippen molar-refractivity contribution in [1.29, 1.82) is 0 Å². The third kappa shape index (κ3) is 3.76. The topological polar surface area (TPSA) is 60.7 Å². The number of aromatic nitrogens is 2. The van der Waals surface area contributed by atoms with Gasteiger partial charge in [0.2, 0.25) is 5.78 Å². The molecule has 150 valence electrons. The highest BCUT2D eigenvalue weighted by molar-refractivity contribution is 9.10. The third-order valence-corrected chi connectivity index (χ3v) is 5.11. The second-order valence-corrected chi connectivity index (χ2v) is 7.46. The van der Waals surface area contributed by atoms with Crippen molar-refractivity contribution in [1.82, 2.24) is 9.38 Å². The van der Waals surface area contributed by atoms with Gasteiger partial charge < -0.3 is 4.74 Å². The average Bonchev–Trinajstić information content (AvgIpc) is 3.13. The highest BCUT2D eigenvalue weighted by Gasteiger charge is 2.22. The van der Waals surface area contributed by atoms with E-state index in [1.807, 2.05) is 24.3 Å². The van der Waals surface area contributed by atoms with Crippen LogP contribution in [-0.4, -0.2) is 27.7 Å². The second-order valence-electron chi connectivity index (χ2n) is 6.54. The normalized spacial score (nSPS) is 10.9. The van der Waals surface area contributed by atoms with Crippen LogP contribution in [0.25, 0.3) is 16.8 Å². The molecule has 0 spiro atoms. The van der Waals surface area contributed by atoms with Gasteiger partial charge in [-0.05, 0) is 55.5 Å². The molecule has 0 bridgehead atoms. The lowest BCUT2D eigenvalue weighted by Gasteiger charge is -2.06. The number of carbonyl (C=O) groups excluding carboxylic acids is 2. The molecule has 0 aliphatic heterocycles. The molecule has 4 aromatic rings. The van der Waals surface area contributed by atoms with Crippen molar-refractivity contribution in [2.24, 2.45) is 0 Å². The van der Waals surface area contributed by atoms with Gasteiger partial charge in [-0.3, -0.25) is 9.20 Å². The molecule has 2 aromatic heterocycles. The van der Waals surface area contributed by atoms with E-state index in [1.165, 1.54) is 36.7 Å². The highest BCUT2D eigenvalue weighted by Crippen LogP contribution is 2.26. The number of hydrogen-bond acceptors (Lipinski definition) is 4. The monoisotopic (exact) mass is 466 g/mol. The van der Waals surface area contributed by atoms with E-state index in [0.29, 0.717) is 16.8 Å². The molecule has 0 N–H and O–H groups in total. The number of hydrogen-bond donors (Lipinski definition) is 0. The van der Waals surface area contributed by atoms with E-state index in [-0.39, 0.29) is 23.6 Å². The molecule has 0 saturated heterocycles. The van der Waals surface area contributed by atoms with E-state index >= 15 is 0 Å². The zero-order chi connectivity index (χ0) is 21.3. The number of nitrogens with zero attached hydrogens (tertiary/aromatic N) is 2. The minimum Gasteiger partial charge on any atom is -0.462 e. The van der Waals surface area contributed by atoms with Crippen molar-refractivity contribution in [3.05, 3.63) is 94.1 Å². The van der Waals surface area contributed by atoms with Crippen LogP contribution in [0.5, 0.6) is 0 Å². The molecule has 7 heteroatoms. The summed E-state index contributed by atoms with van der Waals surface area (Å²) in [5.41, 5.74) is 2.82. The van der Waals surface area contributed by atoms with Gasteiger partial charge in [0.25, 0.3) is 0 Å². The fraction of sp³-hybridized carbons (Fsp3) is 0.0870. The average molecular weight is 467 g/mol. The third-order valence-electron chi connectivity index (χ3n) is 4.62. The van der Waals surface area contributed by atoms with Crippen molar-refractivity contribution in [3.63, 3.8) is 0 Å². The minimum atomic E-state index is -0.528. The minimum absolute atomic E-state index is 0.209. The zero-order valence-electron chi connectivity index (χ0n) is 15.9. The maximum atomic E-state index is 13.2. The Morgan fingerprint density at radius 2 is 1.87 bits per heavy atom. The fourth-order valence-corrected chi connectivity index (χ4v) is 3.60. The SMILES string of the molecule is CCOC(=O)c1cc(C(=O)c2ccc(F)cc2)n2cnc(-c3cccc(Br)c3)cc12. The molecule has 0 aliphatic carbocycles. The van der Waals surface area contributed by atoms with Crippen molar-refractivity contribution >= 4 is 33.2 Å². The summed E-state index contributed by atoms with van der Waals surface area (Å²) in [6, 6.07) is 16.1. The van der Waals surface area contributed by atoms with E-state index in [0.717, 1.165) is 10.0 Å². The first-order chi connectivity index (χ1) is 14.5. The molecule has 0 saturated carbocycles. The molecule has 0 fully saturated rings. The van der Waals surface area contributed by atoms with Gasteiger partial charge in [-0.15, -0.1) is 0 Å². The number of benzene rings is 2. The summed E-state index contributed by atoms with van der Waals surface area (Å²) >= 11 is 3.44. The lowest BCUT2D eigenvalue weighted by atomic mass is 10.1. The van der Waals surface area contributed by atoms with Crippen LogP contribution in [0.4, 0.5) is 4.39 Å². The van der Waals surface area contributed by atoms with Gasteiger partial charge in [-0.2, -0.15) is 0 Å². The van der Waals surface area contributed by atoms with Gasteiger partial charge in [-0.25, -0.2) is 14.2 Å². The van der Waals surface area contributed by atoms with Gasteiger partial charge in [0.1, 0.15) is 12.1 Å². The van der Waals surface area contributed by atoms with E-state index < -0.39 is 11.8 Å². The Kier molecular flexibility index (Phi) is 5.46. The van der Waals surface area contributed by atoms with Crippen LogP contribution in [0.15, 0.2) is 71.5 Å². The second kappa shape index (κ2) is 8.20. The van der Waals surface area contributed by atoms with Crippen molar-refractivity contribution < 1.29 is 18.7 Å². The van der Waals surface area contributed by atoms with Crippen LogP contribution < -0.4 is 0 Å². The predicted molar refractivity (Wildman–Crippen MR) is 114 cm³/mol. The Morgan fingerprint density at radius 3 is 2.57 bits per heavy atom. The molecule has 30 heavy (non-hydrogen) atoms. The predicted octanol–water partition coefficient (Wildman–Crippen LogP) is 5.31. The number of esters is 1. The molecular weight excluding hydrogens is 451 g/mol. The molecule has 2 heterocycles. The van der Waals surface area contributed by atoms with E-state index in [2.05, 4.69) is 20.9 Å². The van der Waals surface area contributed by atoms with Crippen LogP contribution >= 0.6 is 15.9 Å². The summed E-state index contributed by atoms with van der Waals surface area (Å²) in [6.07, 6.45) is 1.51. The zero-order valence-corrected chi connectivity index (χ0v) is 17.5. The Labute approximate surface area is 180 Å². The summed E-state index contributed by atoms with van der Waals surface area (Å²) in [4.78, 5) is 30.1. The van der Waals surface area contributed by atoms with E-state index in [1.54, 1.807) is 17.4 Å². The molecule has 2 aromatic carbocycles. The number of rotatable bonds is 5. The quantitative estimate of drug-likeness (QED) is 0.295. The summed E-state index contributed by atoms with van der Waals surface area (Å²) in [5.74, 6) is -1.31. The Hall–Kier alpha value is -3.32. The number of halogens is 2. The number of fused-ring (bicyclic) bond motifs is 1. The molecule has 0 radical (unpaired) electrons. The Balaban J connectivity index is 1.88. The van der Waals surface area contributed by atoms with Crippen LogP contribution in [-0.2, 0) is 4.74 Å². The molecule has 4 rings (SSSR count). The molecule has 0 aliphatic rings. The van der Waals surface area contributed by atoms with Gasteiger partial charge in [-0.1, -0.05) is 28.1 Å².